The predicted octanol–water partition coefficient (Wildman–Crippen LogP) is 3.99. The van der Waals surface area contributed by atoms with Gasteiger partial charge in [0, 0.05) is 30.6 Å². The highest BCUT2D eigenvalue weighted by Crippen LogP contribution is 2.16. The van der Waals surface area contributed by atoms with Crippen molar-refractivity contribution in [2.75, 3.05) is 12.3 Å². The number of carbonyl (C=O) groups is 2. The second-order valence-corrected chi connectivity index (χ2v) is 6.85. The van der Waals surface area contributed by atoms with Gasteiger partial charge in [0.15, 0.2) is 0 Å². The second kappa shape index (κ2) is 9.76. The van der Waals surface area contributed by atoms with Crippen LogP contribution in [0.5, 0.6) is 0 Å². The molecular weight excluding hydrogens is 324 g/mol. The predicted molar refractivity (Wildman–Crippen MR) is 106 cm³/mol. The molecule has 0 heterocycles. The minimum atomic E-state index is -0.0454. The van der Waals surface area contributed by atoms with Crippen molar-refractivity contribution < 1.29 is 9.59 Å². The number of nitrogens with two attached hydrogens (primary N) is 1. The van der Waals surface area contributed by atoms with Gasteiger partial charge in [-0.2, -0.15) is 0 Å². The van der Waals surface area contributed by atoms with Crippen molar-refractivity contribution >= 4 is 17.4 Å². The number of ketones is 1. The quantitative estimate of drug-likeness (QED) is 0.529. The summed E-state index contributed by atoms with van der Waals surface area (Å²) < 4.78 is 0. The average Bonchev–Trinajstić information content (AvgIpc) is 2.61. The van der Waals surface area contributed by atoms with Gasteiger partial charge in [-0.3, -0.25) is 9.59 Å². The Hall–Kier alpha value is -2.62. The molecule has 138 valence electrons. The number of benzene rings is 2. The first kappa shape index (κ1) is 19.7. The van der Waals surface area contributed by atoms with E-state index >= 15 is 0 Å². The number of hydrogen-bond donors (Lipinski definition) is 2. The van der Waals surface area contributed by atoms with Crippen molar-refractivity contribution in [3.63, 3.8) is 0 Å². The number of anilines is 1. The zero-order valence-electron chi connectivity index (χ0n) is 15.7. The molecule has 0 fully saturated rings. The van der Waals surface area contributed by atoms with E-state index in [1.807, 2.05) is 56.3 Å². The zero-order valence-corrected chi connectivity index (χ0v) is 15.7. The normalized spacial score (nSPS) is 10.5. The van der Waals surface area contributed by atoms with E-state index < -0.39 is 0 Å². The maximum Gasteiger partial charge on any atom is 0.251 e. The topological polar surface area (TPSA) is 72.2 Å². The van der Waals surface area contributed by atoms with E-state index in [0.29, 0.717) is 30.6 Å². The number of nitrogens with one attached hydrogen (secondary N) is 1. The molecule has 0 spiro atoms. The van der Waals surface area contributed by atoms with Crippen LogP contribution in [0.4, 0.5) is 5.69 Å². The molecule has 26 heavy (non-hydrogen) atoms. The van der Waals surface area contributed by atoms with E-state index in [1.165, 1.54) is 0 Å². The van der Waals surface area contributed by atoms with Crippen molar-refractivity contribution in [3.8, 4) is 0 Å². The number of unbranched alkanes of at least 4 members (excludes halogenated alkanes) is 2. The van der Waals surface area contributed by atoms with Crippen LogP contribution in [-0.4, -0.2) is 18.2 Å². The summed E-state index contributed by atoms with van der Waals surface area (Å²) in [7, 11) is 0. The number of Topliss-reactive ketones (excluding diaryl/α,β-unsaturated/α-hetero) is 1. The first-order valence-electron chi connectivity index (χ1n) is 9.17. The lowest BCUT2D eigenvalue weighted by atomic mass is 10.0. The van der Waals surface area contributed by atoms with Crippen LogP contribution >= 0.6 is 0 Å². The summed E-state index contributed by atoms with van der Waals surface area (Å²) in [4.78, 5) is 24.1. The number of carbonyl (C=O) groups excluding carboxylic acids is 2. The molecule has 0 aliphatic rings. The lowest BCUT2D eigenvalue weighted by molar-refractivity contribution is -0.118. The molecule has 0 atom stereocenters. The number of hydrogen-bond acceptors (Lipinski definition) is 3. The maximum absolute atomic E-state index is 12.1. The van der Waals surface area contributed by atoms with E-state index in [0.717, 1.165) is 36.0 Å². The Labute approximate surface area is 155 Å². The lowest BCUT2D eigenvalue weighted by Crippen LogP contribution is -2.24. The highest BCUT2D eigenvalue weighted by atomic mass is 16.1. The van der Waals surface area contributed by atoms with Crippen LogP contribution in [0.25, 0.3) is 0 Å². The molecule has 0 aliphatic carbocycles. The van der Waals surface area contributed by atoms with Gasteiger partial charge in [0.2, 0.25) is 0 Å². The smallest absolute Gasteiger partial charge is 0.251 e. The van der Waals surface area contributed by atoms with Gasteiger partial charge in [0.05, 0.1) is 0 Å². The number of rotatable bonds is 9. The van der Waals surface area contributed by atoms with Crippen LogP contribution < -0.4 is 11.1 Å². The second-order valence-electron chi connectivity index (χ2n) is 6.85. The van der Waals surface area contributed by atoms with E-state index in [2.05, 4.69) is 5.32 Å². The fourth-order valence-corrected chi connectivity index (χ4v) is 2.81. The number of amides is 1. The Morgan fingerprint density at radius 1 is 0.923 bits per heavy atom. The standard InChI is InChI=1S/C22H28N2O2/c1-16-7-10-18(11-8-16)22(26)24-13-5-3-4-6-20(25)15-19-12-9-17(2)14-21(19)23/h7-12,14H,3-6,13,15,23H2,1-2H3,(H,24,26). The van der Waals surface area contributed by atoms with Gasteiger partial charge < -0.3 is 11.1 Å². The van der Waals surface area contributed by atoms with E-state index in [4.69, 9.17) is 5.73 Å². The van der Waals surface area contributed by atoms with Crippen LogP contribution in [-0.2, 0) is 11.2 Å². The third-order valence-corrected chi connectivity index (χ3v) is 4.42. The monoisotopic (exact) mass is 352 g/mol. The van der Waals surface area contributed by atoms with Gasteiger partial charge in [0.25, 0.3) is 5.91 Å². The van der Waals surface area contributed by atoms with Gasteiger partial charge in [-0.05, 0) is 56.0 Å². The SMILES string of the molecule is Cc1ccc(C(=O)NCCCCCC(=O)Cc2ccc(C)cc2N)cc1. The summed E-state index contributed by atoms with van der Waals surface area (Å²) in [6.45, 7) is 4.61. The fourth-order valence-electron chi connectivity index (χ4n) is 2.81. The van der Waals surface area contributed by atoms with E-state index in [-0.39, 0.29) is 11.7 Å². The molecule has 2 rings (SSSR count). The van der Waals surface area contributed by atoms with Gasteiger partial charge in [-0.1, -0.05) is 36.2 Å². The Bertz CT molecular complexity index is 751. The molecule has 0 aliphatic heterocycles. The van der Waals surface area contributed by atoms with Crippen LogP contribution in [0.3, 0.4) is 0 Å². The van der Waals surface area contributed by atoms with Crippen LogP contribution in [0.1, 0.15) is 52.7 Å². The third-order valence-electron chi connectivity index (χ3n) is 4.42. The molecule has 0 unspecified atom stereocenters. The van der Waals surface area contributed by atoms with Gasteiger partial charge in [-0.25, -0.2) is 0 Å². The van der Waals surface area contributed by atoms with Crippen LogP contribution in [0, 0.1) is 13.8 Å². The Morgan fingerprint density at radius 2 is 1.62 bits per heavy atom. The Morgan fingerprint density at radius 3 is 2.31 bits per heavy atom. The number of nitrogen functional groups attached to an aromatic ring is 1. The number of aryl methyl sites for hydroxylation is 2. The van der Waals surface area contributed by atoms with Gasteiger partial charge in [0.1, 0.15) is 5.78 Å². The zero-order chi connectivity index (χ0) is 18.9. The molecule has 4 heteroatoms. The summed E-state index contributed by atoms with van der Waals surface area (Å²) >= 11 is 0. The molecule has 4 nitrogen and oxygen atoms in total. The summed E-state index contributed by atoms with van der Waals surface area (Å²) in [5, 5.41) is 2.92. The summed E-state index contributed by atoms with van der Waals surface area (Å²) in [6, 6.07) is 13.3. The largest absolute Gasteiger partial charge is 0.398 e. The summed E-state index contributed by atoms with van der Waals surface area (Å²) in [5.74, 6) is 0.167. The highest BCUT2D eigenvalue weighted by Gasteiger charge is 2.07. The Balaban J connectivity index is 1.60. The minimum Gasteiger partial charge on any atom is -0.398 e. The molecule has 0 saturated heterocycles. The van der Waals surface area contributed by atoms with E-state index in [9.17, 15) is 9.59 Å². The first-order chi connectivity index (χ1) is 12.5. The molecule has 2 aromatic rings. The summed E-state index contributed by atoms with van der Waals surface area (Å²) in [5.41, 5.74) is 10.5. The minimum absolute atomic E-state index is 0.0454. The molecule has 2 aromatic carbocycles. The van der Waals surface area contributed by atoms with E-state index in [1.54, 1.807) is 0 Å². The van der Waals surface area contributed by atoms with Crippen LogP contribution in [0.2, 0.25) is 0 Å². The molecule has 0 aromatic heterocycles. The lowest BCUT2D eigenvalue weighted by Gasteiger charge is -2.07. The molecule has 1 amide bonds. The van der Waals surface area contributed by atoms with Crippen molar-refractivity contribution in [1.29, 1.82) is 0 Å². The Kier molecular flexibility index (Phi) is 7.39. The first-order valence-corrected chi connectivity index (χ1v) is 9.17. The van der Waals surface area contributed by atoms with Crippen LogP contribution in [0.15, 0.2) is 42.5 Å². The molecule has 0 bridgehead atoms. The molecule has 0 radical (unpaired) electrons. The average molecular weight is 352 g/mol. The van der Waals surface area contributed by atoms with Gasteiger partial charge >= 0.3 is 0 Å². The third kappa shape index (κ3) is 6.36. The highest BCUT2D eigenvalue weighted by molar-refractivity contribution is 5.94. The molecule has 0 saturated carbocycles. The van der Waals surface area contributed by atoms with Crippen molar-refractivity contribution in [2.24, 2.45) is 0 Å². The molecule has 3 N–H and O–H groups in total. The fraction of sp³-hybridized carbons (Fsp3) is 0.364. The van der Waals surface area contributed by atoms with Gasteiger partial charge in [-0.15, -0.1) is 0 Å². The van der Waals surface area contributed by atoms with Crippen molar-refractivity contribution in [3.05, 3.63) is 64.7 Å². The van der Waals surface area contributed by atoms with Crippen molar-refractivity contribution in [2.45, 2.75) is 46.0 Å². The van der Waals surface area contributed by atoms with Crippen molar-refractivity contribution in [1.82, 2.24) is 5.32 Å². The molecular formula is C22H28N2O2. The maximum atomic E-state index is 12.1. The summed E-state index contributed by atoms with van der Waals surface area (Å²) in [6.07, 6.45) is 3.58.